The van der Waals surface area contributed by atoms with Crippen LogP contribution in [0, 0.1) is 19.8 Å². The maximum atomic E-state index is 13.3. The Hall–Kier alpha value is -2.54. The molecule has 0 aliphatic heterocycles. The normalized spacial score (nSPS) is 18.9. The van der Waals surface area contributed by atoms with Crippen LogP contribution >= 0.6 is 0 Å². The highest BCUT2D eigenvalue weighted by atomic mass is 16.1. The fourth-order valence-electron chi connectivity index (χ4n) is 6.71. The predicted molar refractivity (Wildman–Crippen MR) is 144 cm³/mol. The monoisotopic (exact) mass is 490 g/mol. The first-order valence-electron chi connectivity index (χ1n) is 14.1. The van der Waals surface area contributed by atoms with Crippen molar-refractivity contribution >= 4 is 10.9 Å². The number of nitrogens with zero attached hydrogens (tertiary/aromatic N) is 5. The van der Waals surface area contributed by atoms with Gasteiger partial charge in [-0.1, -0.05) is 58.4 Å². The average molecular weight is 491 g/mol. The average Bonchev–Trinajstić information content (AvgIpc) is 3.34. The summed E-state index contributed by atoms with van der Waals surface area (Å²) < 4.78 is 2.14. The molecule has 2 saturated carbocycles. The second kappa shape index (κ2) is 10.8. The molecule has 5 rings (SSSR count). The molecule has 2 heterocycles. The van der Waals surface area contributed by atoms with E-state index in [9.17, 15) is 4.79 Å². The van der Waals surface area contributed by atoms with Crippen molar-refractivity contribution in [3.05, 3.63) is 51.1 Å². The Balaban J connectivity index is 1.56. The quantitative estimate of drug-likeness (QED) is 0.428. The minimum atomic E-state index is 0.0164. The van der Waals surface area contributed by atoms with Crippen molar-refractivity contribution in [3.8, 4) is 0 Å². The first-order valence-corrected chi connectivity index (χ1v) is 14.1. The Kier molecular flexibility index (Phi) is 7.56. The van der Waals surface area contributed by atoms with Gasteiger partial charge in [0.2, 0.25) is 0 Å². The molecular weight excluding hydrogens is 448 g/mol. The van der Waals surface area contributed by atoms with Gasteiger partial charge in [-0.05, 0) is 79.1 Å². The molecule has 3 aromatic rings. The fourth-order valence-corrected chi connectivity index (χ4v) is 6.71. The van der Waals surface area contributed by atoms with Crippen LogP contribution in [0.5, 0.6) is 0 Å². The maximum absolute atomic E-state index is 13.3. The summed E-state index contributed by atoms with van der Waals surface area (Å²) in [7, 11) is 0. The molecule has 2 aliphatic rings. The lowest BCUT2D eigenvalue weighted by atomic mass is 9.89. The number of aryl methyl sites for hydroxylation is 2. The van der Waals surface area contributed by atoms with Gasteiger partial charge in [0.15, 0.2) is 5.82 Å². The molecule has 0 saturated heterocycles. The molecule has 0 spiro atoms. The summed E-state index contributed by atoms with van der Waals surface area (Å²) in [5.74, 6) is 1.30. The Morgan fingerprint density at radius 1 is 1.00 bits per heavy atom. The van der Waals surface area contributed by atoms with Crippen LogP contribution in [-0.4, -0.2) is 36.1 Å². The summed E-state index contributed by atoms with van der Waals surface area (Å²) in [6.45, 7) is 9.37. The molecule has 1 unspecified atom stereocenters. The zero-order valence-electron chi connectivity index (χ0n) is 22.5. The van der Waals surface area contributed by atoms with Gasteiger partial charge < -0.3 is 4.98 Å². The maximum Gasteiger partial charge on any atom is 0.252 e. The first-order chi connectivity index (χ1) is 17.4. The fraction of sp³-hybridized carbons (Fsp3) is 0.655. The highest BCUT2D eigenvalue weighted by molar-refractivity contribution is 5.83. The van der Waals surface area contributed by atoms with Crippen molar-refractivity contribution in [1.29, 1.82) is 0 Å². The zero-order chi connectivity index (χ0) is 25.2. The lowest BCUT2D eigenvalue weighted by Crippen LogP contribution is -2.43. The van der Waals surface area contributed by atoms with Crippen LogP contribution in [0.3, 0.4) is 0 Å². The largest absolute Gasteiger partial charge is 0.322 e. The van der Waals surface area contributed by atoms with Gasteiger partial charge in [-0.15, -0.1) is 5.10 Å². The van der Waals surface area contributed by atoms with E-state index >= 15 is 0 Å². The number of nitrogens with one attached hydrogen (secondary N) is 1. The SMILES string of the molecule is Cc1cc(C)c2cc(CN(C3CCCCC3)C(c3nnnn3C3CCCCC3)C(C)C)c(=O)[nH]c2c1. The van der Waals surface area contributed by atoms with E-state index in [0.717, 1.165) is 48.0 Å². The van der Waals surface area contributed by atoms with E-state index in [2.05, 4.69) is 76.0 Å². The van der Waals surface area contributed by atoms with Crippen LogP contribution in [0.1, 0.15) is 113 Å². The Morgan fingerprint density at radius 2 is 1.69 bits per heavy atom. The number of aromatic amines is 1. The topological polar surface area (TPSA) is 79.7 Å². The minimum absolute atomic E-state index is 0.0164. The van der Waals surface area contributed by atoms with Crippen molar-refractivity contribution in [2.24, 2.45) is 5.92 Å². The summed E-state index contributed by atoms with van der Waals surface area (Å²) >= 11 is 0. The van der Waals surface area contributed by atoms with Gasteiger partial charge in [-0.2, -0.15) is 0 Å². The Labute approximate surface area is 214 Å². The van der Waals surface area contributed by atoms with E-state index in [0.29, 0.717) is 24.5 Å². The van der Waals surface area contributed by atoms with E-state index in [1.807, 2.05) is 0 Å². The van der Waals surface area contributed by atoms with Gasteiger partial charge in [0.05, 0.1) is 12.1 Å². The molecule has 1 N–H and O–H groups in total. The van der Waals surface area contributed by atoms with Gasteiger partial charge in [0.25, 0.3) is 5.56 Å². The van der Waals surface area contributed by atoms with Gasteiger partial charge in [-0.3, -0.25) is 9.69 Å². The second-order valence-electron chi connectivity index (χ2n) is 11.6. The molecule has 0 bridgehead atoms. The van der Waals surface area contributed by atoms with Crippen molar-refractivity contribution in [1.82, 2.24) is 30.1 Å². The number of hydrogen-bond acceptors (Lipinski definition) is 5. The van der Waals surface area contributed by atoms with Gasteiger partial charge >= 0.3 is 0 Å². The van der Waals surface area contributed by atoms with Crippen LogP contribution < -0.4 is 5.56 Å². The van der Waals surface area contributed by atoms with Gasteiger partial charge in [-0.25, -0.2) is 4.68 Å². The molecule has 36 heavy (non-hydrogen) atoms. The van der Waals surface area contributed by atoms with E-state index < -0.39 is 0 Å². The van der Waals surface area contributed by atoms with Crippen molar-refractivity contribution < 1.29 is 0 Å². The molecular formula is C29H42N6O. The minimum Gasteiger partial charge on any atom is -0.322 e. The van der Waals surface area contributed by atoms with Crippen LogP contribution in [0.2, 0.25) is 0 Å². The highest BCUT2D eigenvalue weighted by Crippen LogP contribution is 2.37. The van der Waals surface area contributed by atoms with E-state index in [-0.39, 0.29) is 11.6 Å². The third-order valence-electron chi connectivity index (χ3n) is 8.48. The van der Waals surface area contributed by atoms with Crippen LogP contribution in [0.25, 0.3) is 10.9 Å². The molecule has 1 aromatic carbocycles. The Morgan fingerprint density at radius 3 is 2.39 bits per heavy atom. The van der Waals surface area contributed by atoms with Crippen molar-refractivity contribution in [2.45, 2.75) is 117 Å². The number of hydrogen-bond donors (Lipinski definition) is 1. The molecule has 2 fully saturated rings. The standard InChI is InChI=1S/C29H42N6O/c1-19(2)27(28-31-32-33-35(28)24-13-9-6-10-14-24)34(23-11-7-5-8-12-23)18-22-17-25-21(4)15-20(3)16-26(25)30-29(22)36/h15-17,19,23-24,27H,5-14,18H2,1-4H3,(H,30,36). The van der Waals surface area contributed by atoms with E-state index in [1.165, 1.54) is 49.7 Å². The third kappa shape index (κ3) is 5.13. The van der Waals surface area contributed by atoms with Gasteiger partial charge in [0.1, 0.15) is 0 Å². The summed E-state index contributed by atoms with van der Waals surface area (Å²) in [5.41, 5.74) is 4.15. The highest BCUT2D eigenvalue weighted by Gasteiger charge is 2.36. The van der Waals surface area contributed by atoms with Crippen molar-refractivity contribution in [2.75, 3.05) is 0 Å². The van der Waals surface area contributed by atoms with E-state index in [1.54, 1.807) is 0 Å². The number of tetrazole rings is 1. The molecule has 194 valence electrons. The lowest BCUT2D eigenvalue weighted by molar-refractivity contribution is 0.0590. The molecule has 0 radical (unpaired) electrons. The number of fused-ring (bicyclic) bond motifs is 1. The number of benzene rings is 1. The number of H-pyrrole nitrogens is 1. The van der Waals surface area contributed by atoms with Gasteiger partial charge in [0, 0.05) is 29.1 Å². The molecule has 2 aliphatic carbocycles. The number of pyridine rings is 1. The summed E-state index contributed by atoms with van der Waals surface area (Å²) in [5, 5.41) is 14.5. The molecule has 2 aromatic heterocycles. The van der Waals surface area contributed by atoms with Crippen LogP contribution in [-0.2, 0) is 6.54 Å². The summed E-state index contributed by atoms with van der Waals surface area (Å²) in [4.78, 5) is 19.1. The van der Waals surface area contributed by atoms with E-state index in [4.69, 9.17) is 0 Å². The second-order valence-corrected chi connectivity index (χ2v) is 11.6. The Bertz CT molecular complexity index is 1230. The predicted octanol–water partition coefficient (Wildman–Crippen LogP) is 6.17. The number of aromatic nitrogens is 5. The van der Waals surface area contributed by atoms with Crippen molar-refractivity contribution in [3.63, 3.8) is 0 Å². The molecule has 7 nitrogen and oxygen atoms in total. The zero-order valence-corrected chi connectivity index (χ0v) is 22.5. The summed E-state index contributed by atoms with van der Waals surface area (Å²) in [6.07, 6.45) is 12.2. The molecule has 7 heteroatoms. The lowest BCUT2D eigenvalue weighted by Gasteiger charge is -2.41. The smallest absolute Gasteiger partial charge is 0.252 e. The molecule has 0 amide bonds. The first kappa shape index (κ1) is 25.1. The van der Waals surface area contributed by atoms with Crippen LogP contribution in [0.15, 0.2) is 23.0 Å². The third-order valence-corrected chi connectivity index (χ3v) is 8.48. The summed E-state index contributed by atoms with van der Waals surface area (Å²) in [6, 6.07) is 7.27. The van der Waals surface area contributed by atoms with Crippen LogP contribution in [0.4, 0.5) is 0 Å². The molecule has 1 atom stereocenters. The number of rotatable bonds is 7.